The van der Waals surface area contributed by atoms with Gasteiger partial charge < -0.3 is 16.0 Å². The van der Waals surface area contributed by atoms with E-state index >= 15 is 0 Å². The van der Waals surface area contributed by atoms with Crippen LogP contribution in [0.15, 0.2) is 24.3 Å². The van der Waals surface area contributed by atoms with Gasteiger partial charge in [-0.3, -0.25) is 19.3 Å². The first-order chi connectivity index (χ1) is 12.4. The third-order valence-corrected chi connectivity index (χ3v) is 4.76. The van der Waals surface area contributed by atoms with Crippen molar-refractivity contribution in [1.29, 1.82) is 0 Å². The van der Waals surface area contributed by atoms with Gasteiger partial charge in [-0.05, 0) is 31.0 Å². The molecule has 2 fully saturated rings. The third-order valence-electron chi connectivity index (χ3n) is 4.76. The van der Waals surface area contributed by atoms with Gasteiger partial charge >= 0.3 is 6.03 Å². The van der Waals surface area contributed by atoms with Gasteiger partial charge in [0.25, 0.3) is 5.91 Å². The molecule has 1 aromatic rings. The maximum atomic E-state index is 12.6. The molecule has 0 aromatic heterocycles. The summed E-state index contributed by atoms with van der Waals surface area (Å²) in [5.74, 6) is -0.920. The van der Waals surface area contributed by atoms with Crippen LogP contribution in [0.2, 0.25) is 0 Å². The summed E-state index contributed by atoms with van der Waals surface area (Å²) < 4.78 is 0. The number of nitrogens with one attached hydrogen (secondary N) is 3. The summed E-state index contributed by atoms with van der Waals surface area (Å²) in [6, 6.07) is 6.18. The molecular weight excluding hydrogens is 336 g/mol. The number of amides is 5. The first kappa shape index (κ1) is 17.9. The Morgan fingerprint density at radius 1 is 1.12 bits per heavy atom. The molecule has 3 N–H and O–H groups in total. The highest BCUT2D eigenvalue weighted by atomic mass is 16.2. The van der Waals surface area contributed by atoms with Crippen LogP contribution in [0.25, 0.3) is 0 Å². The molecule has 26 heavy (non-hydrogen) atoms. The highest BCUT2D eigenvalue weighted by molar-refractivity contribution is 6.10. The minimum Gasteiger partial charge on any atom is -0.326 e. The number of nitrogens with zero attached hydrogens (tertiary/aromatic N) is 1. The van der Waals surface area contributed by atoms with Gasteiger partial charge in [-0.25, -0.2) is 4.79 Å². The van der Waals surface area contributed by atoms with E-state index in [-0.39, 0.29) is 18.4 Å². The molecule has 1 heterocycles. The number of carbonyl (C=O) groups is 4. The van der Waals surface area contributed by atoms with Crippen LogP contribution in [0.4, 0.5) is 16.2 Å². The summed E-state index contributed by atoms with van der Waals surface area (Å²) in [5.41, 5.74) is 0.225. The van der Waals surface area contributed by atoms with E-state index in [1.807, 2.05) is 0 Å². The fourth-order valence-corrected chi connectivity index (χ4v) is 3.41. The second kappa shape index (κ2) is 7.15. The van der Waals surface area contributed by atoms with Gasteiger partial charge in [0.15, 0.2) is 0 Å². The Morgan fingerprint density at radius 3 is 2.35 bits per heavy atom. The van der Waals surface area contributed by atoms with Crippen LogP contribution < -0.4 is 16.0 Å². The summed E-state index contributed by atoms with van der Waals surface area (Å²) in [6.07, 6.45) is 3.37. The second-order valence-corrected chi connectivity index (χ2v) is 6.64. The van der Waals surface area contributed by atoms with Crippen molar-refractivity contribution in [2.24, 2.45) is 0 Å². The number of benzene rings is 1. The second-order valence-electron chi connectivity index (χ2n) is 6.64. The zero-order chi connectivity index (χ0) is 18.7. The standard InChI is InChI=1S/C18H22N4O4/c1-2-14(23)19-12-6-5-7-13(10-12)20-15(24)11-22-16(25)18(21-17(22)26)8-3-4-9-18/h5-7,10H,2-4,8-9,11H2,1H3,(H,19,23)(H,20,24)(H,21,26). The van der Waals surface area contributed by atoms with Crippen LogP contribution in [-0.4, -0.2) is 40.7 Å². The predicted octanol–water partition coefficient (Wildman–Crippen LogP) is 1.84. The van der Waals surface area contributed by atoms with Crippen molar-refractivity contribution >= 4 is 35.1 Å². The van der Waals surface area contributed by atoms with Gasteiger partial charge in [-0.2, -0.15) is 0 Å². The zero-order valence-corrected chi connectivity index (χ0v) is 14.6. The number of anilines is 2. The molecule has 0 atom stereocenters. The summed E-state index contributed by atoms with van der Waals surface area (Å²) in [7, 11) is 0. The van der Waals surface area contributed by atoms with E-state index in [2.05, 4.69) is 16.0 Å². The van der Waals surface area contributed by atoms with Gasteiger partial charge in [-0.1, -0.05) is 25.8 Å². The molecule has 1 saturated carbocycles. The molecule has 8 heteroatoms. The monoisotopic (exact) mass is 358 g/mol. The van der Waals surface area contributed by atoms with E-state index in [4.69, 9.17) is 0 Å². The van der Waals surface area contributed by atoms with Crippen molar-refractivity contribution in [3.05, 3.63) is 24.3 Å². The minimum atomic E-state index is -0.818. The first-order valence-corrected chi connectivity index (χ1v) is 8.77. The van der Waals surface area contributed by atoms with E-state index in [0.29, 0.717) is 30.6 Å². The number of hydrogen-bond acceptors (Lipinski definition) is 4. The molecule has 2 aliphatic rings. The highest BCUT2D eigenvalue weighted by Gasteiger charge is 2.52. The predicted molar refractivity (Wildman–Crippen MR) is 95.4 cm³/mol. The van der Waals surface area contributed by atoms with Crippen molar-refractivity contribution in [1.82, 2.24) is 10.2 Å². The number of imide groups is 1. The van der Waals surface area contributed by atoms with Crippen LogP contribution in [-0.2, 0) is 14.4 Å². The van der Waals surface area contributed by atoms with E-state index in [1.165, 1.54) is 0 Å². The van der Waals surface area contributed by atoms with Crippen molar-refractivity contribution in [3.63, 3.8) is 0 Å². The fourth-order valence-electron chi connectivity index (χ4n) is 3.41. The number of rotatable bonds is 5. The summed E-state index contributed by atoms with van der Waals surface area (Å²) >= 11 is 0. The molecule has 5 amide bonds. The van der Waals surface area contributed by atoms with E-state index in [9.17, 15) is 19.2 Å². The molecule has 1 saturated heterocycles. The molecule has 3 rings (SSSR count). The van der Waals surface area contributed by atoms with Crippen molar-refractivity contribution in [2.75, 3.05) is 17.2 Å². The van der Waals surface area contributed by atoms with Gasteiger partial charge in [-0.15, -0.1) is 0 Å². The Bertz CT molecular complexity index is 755. The largest absolute Gasteiger partial charge is 0.326 e. The Kier molecular flexibility index (Phi) is 4.92. The van der Waals surface area contributed by atoms with E-state index in [0.717, 1.165) is 17.7 Å². The van der Waals surface area contributed by atoms with Crippen LogP contribution in [0.3, 0.4) is 0 Å². The molecule has 1 aromatic carbocycles. The first-order valence-electron chi connectivity index (χ1n) is 8.77. The van der Waals surface area contributed by atoms with E-state index in [1.54, 1.807) is 31.2 Å². The lowest BCUT2D eigenvalue weighted by molar-refractivity contribution is -0.133. The van der Waals surface area contributed by atoms with Gasteiger partial charge in [0.05, 0.1) is 0 Å². The highest BCUT2D eigenvalue weighted by Crippen LogP contribution is 2.34. The number of urea groups is 1. The molecule has 1 aliphatic carbocycles. The average Bonchev–Trinajstić information content (AvgIpc) is 3.16. The maximum Gasteiger partial charge on any atom is 0.325 e. The number of carbonyl (C=O) groups excluding carboxylic acids is 4. The molecule has 1 aliphatic heterocycles. The summed E-state index contributed by atoms with van der Waals surface area (Å²) in [4.78, 5) is 49.4. The van der Waals surface area contributed by atoms with Crippen molar-refractivity contribution in [3.8, 4) is 0 Å². The summed E-state index contributed by atoms with van der Waals surface area (Å²) in [6.45, 7) is 1.41. The van der Waals surface area contributed by atoms with E-state index < -0.39 is 17.5 Å². The van der Waals surface area contributed by atoms with Crippen LogP contribution in [0.1, 0.15) is 39.0 Å². The van der Waals surface area contributed by atoms with Crippen LogP contribution >= 0.6 is 0 Å². The Morgan fingerprint density at radius 2 is 1.73 bits per heavy atom. The smallest absolute Gasteiger partial charge is 0.325 e. The Labute approximate surface area is 151 Å². The van der Waals surface area contributed by atoms with Crippen LogP contribution in [0, 0.1) is 0 Å². The SMILES string of the molecule is CCC(=O)Nc1cccc(NC(=O)CN2C(=O)NC3(CCCC3)C2=O)c1. The lowest BCUT2D eigenvalue weighted by atomic mass is 9.98. The van der Waals surface area contributed by atoms with Crippen LogP contribution in [0.5, 0.6) is 0 Å². The topological polar surface area (TPSA) is 108 Å². The molecule has 0 unspecified atom stereocenters. The molecular formula is C18H22N4O4. The Hall–Kier alpha value is -2.90. The average molecular weight is 358 g/mol. The Balaban J connectivity index is 1.62. The van der Waals surface area contributed by atoms with Crippen molar-refractivity contribution in [2.45, 2.75) is 44.6 Å². The van der Waals surface area contributed by atoms with Crippen molar-refractivity contribution < 1.29 is 19.2 Å². The summed E-state index contributed by atoms with van der Waals surface area (Å²) in [5, 5.41) is 8.11. The quantitative estimate of drug-likeness (QED) is 0.698. The molecule has 0 bridgehead atoms. The molecule has 8 nitrogen and oxygen atoms in total. The molecule has 1 spiro atoms. The normalized spacial score (nSPS) is 18.1. The fraction of sp³-hybridized carbons (Fsp3) is 0.444. The molecule has 0 radical (unpaired) electrons. The molecule has 138 valence electrons. The third kappa shape index (κ3) is 3.54. The minimum absolute atomic E-state index is 0.130. The lowest BCUT2D eigenvalue weighted by Crippen LogP contribution is -2.44. The lowest BCUT2D eigenvalue weighted by Gasteiger charge is -2.19. The zero-order valence-electron chi connectivity index (χ0n) is 14.6. The van der Waals surface area contributed by atoms with Gasteiger partial charge in [0.1, 0.15) is 12.1 Å². The van der Waals surface area contributed by atoms with Gasteiger partial charge in [0, 0.05) is 17.8 Å². The maximum absolute atomic E-state index is 12.6. The van der Waals surface area contributed by atoms with Gasteiger partial charge in [0.2, 0.25) is 11.8 Å². The number of hydrogen-bond donors (Lipinski definition) is 3.